The zero-order valence-corrected chi connectivity index (χ0v) is 12.3. The summed E-state index contributed by atoms with van der Waals surface area (Å²) in [6.45, 7) is 0.715. The van der Waals surface area contributed by atoms with Gasteiger partial charge in [0.05, 0.1) is 18.3 Å². The van der Waals surface area contributed by atoms with Crippen LogP contribution in [0, 0.1) is 0 Å². The number of anilines is 1. The largest absolute Gasteiger partial charge is 0.481 e. The summed E-state index contributed by atoms with van der Waals surface area (Å²) in [6.07, 6.45) is 3.35. The number of carboxylic acids is 1. The number of hydrogen-bond donors (Lipinski definition) is 2. The Bertz CT molecular complexity index is 474. The molecule has 2 N–H and O–H groups in total. The van der Waals surface area contributed by atoms with Gasteiger partial charge >= 0.3 is 5.97 Å². The molecule has 20 heavy (non-hydrogen) atoms. The molecule has 2 heterocycles. The molecule has 2 rings (SSSR count). The monoisotopic (exact) mass is 317 g/mol. The minimum atomic E-state index is -0.912. The van der Waals surface area contributed by atoms with Crippen LogP contribution in [0.15, 0.2) is 4.34 Å². The minimum Gasteiger partial charge on any atom is -0.481 e. The SMILES string of the molecule is O=C(O)CSc1nnc(NC(=O)CC2CCCCO2)s1. The van der Waals surface area contributed by atoms with Crippen LogP contribution in [0.1, 0.15) is 25.7 Å². The first-order chi connectivity index (χ1) is 9.63. The summed E-state index contributed by atoms with van der Waals surface area (Å²) < 4.78 is 6.02. The van der Waals surface area contributed by atoms with Crippen LogP contribution in [0.4, 0.5) is 5.13 Å². The fourth-order valence-electron chi connectivity index (χ4n) is 1.79. The molecule has 110 valence electrons. The molecule has 0 saturated carbocycles. The lowest BCUT2D eigenvalue weighted by atomic mass is 10.1. The van der Waals surface area contributed by atoms with E-state index in [0.29, 0.717) is 22.5 Å². The van der Waals surface area contributed by atoms with E-state index in [1.54, 1.807) is 0 Å². The topological polar surface area (TPSA) is 101 Å². The van der Waals surface area contributed by atoms with E-state index in [-0.39, 0.29) is 17.8 Å². The Morgan fingerprint density at radius 3 is 3.00 bits per heavy atom. The Hall–Kier alpha value is -1.19. The van der Waals surface area contributed by atoms with E-state index in [1.807, 2.05) is 0 Å². The maximum absolute atomic E-state index is 11.8. The van der Waals surface area contributed by atoms with Gasteiger partial charge < -0.3 is 15.2 Å². The third kappa shape index (κ3) is 5.06. The number of amides is 1. The number of ether oxygens (including phenoxy) is 1. The van der Waals surface area contributed by atoms with Gasteiger partial charge in [0.25, 0.3) is 0 Å². The first kappa shape index (κ1) is 15.2. The van der Waals surface area contributed by atoms with Crippen molar-refractivity contribution in [3.05, 3.63) is 0 Å². The molecule has 0 spiro atoms. The van der Waals surface area contributed by atoms with Crippen LogP contribution in [0.25, 0.3) is 0 Å². The average molecular weight is 317 g/mol. The number of aromatic nitrogens is 2. The molecule has 1 aliphatic heterocycles. The standard InChI is InChI=1S/C11H15N3O4S2/c15-8(5-7-3-1-2-4-18-7)12-10-13-14-11(20-10)19-6-9(16)17/h7H,1-6H2,(H,16,17)(H,12,13,15). The Labute approximate surface area is 124 Å². The van der Waals surface area contributed by atoms with Crippen molar-refractivity contribution in [1.29, 1.82) is 0 Å². The summed E-state index contributed by atoms with van der Waals surface area (Å²) in [5, 5.41) is 19.2. The molecule has 0 radical (unpaired) electrons. The number of carbonyl (C=O) groups excluding carboxylic acids is 1. The third-order valence-corrected chi connectivity index (χ3v) is 4.62. The molecule has 1 unspecified atom stereocenters. The molecule has 0 bridgehead atoms. The first-order valence-electron chi connectivity index (χ1n) is 6.23. The average Bonchev–Trinajstić information content (AvgIpc) is 2.85. The predicted octanol–water partition coefficient (Wildman–Crippen LogP) is 1.61. The summed E-state index contributed by atoms with van der Waals surface area (Å²) in [4.78, 5) is 22.2. The molecular weight excluding hydrogens is 302 g/mol. The highest BCUT2D eigenvalue weighted by Gasteiger charge is 2.18. The normalized spacial score (nSPS) is 18.7. The van der Waals surface area contributed by atoms with Gasteiger partial charge in [-0.15, -0.1) is 10.2 Å². The number of nitrogens with zero attached hydrogens (tertiary/aromatic N) is 2. The van der Waals surface area contributed by atoms with Crippen LogP contribution in [-0.2, 0) is 14.3 Å². The predicted molar refractivity (Wildman–Crippen MR) is 75.1 cm³/mol. The van der Waals surface area contributed by atoms with E-state index in [0.717, 1.165) is 31.0 Å². The number of hydrogen-bond acceptors (Lipinski definition) is 7. The highest BCUT2D eigenvalue weighted by Crippen LogP contribution is 2.25. The molecule has 1 saturated heterocycles. The summed E-state index contributed by atoms with van der Waals surface area (Å²) in [5.74, 6) is -1.13. The second kappa shape index (κ2) is 7.55. The molecule has 1 aliphatic rings. The Morgan fingerprint density at radius 1 is 1.45 bits per heavy atom. The number of rotatable bonds is 6. The summed E-state index contributed by atoms with van der Waals surface area (Å²) in [5.41, 5.74) is 0. The van der Waals surface area contributed by atoms with Gasteiger partial charge in [-0.25, -0.2) is 0 Å². The quantitative estimate of drug-likeness (QED) is 0.607. The number of carbonyl (C=O) groups is 2. The molecule has 0 aliphatic carbocycles. The number of aliphatic carboxylic acids is 1. The van der Waals surface area contributed by atoms with Crippen LogP contribution in [0.2, 0.25) is 0 Å². The number of carboxylic acid groups (broad SMARTS) is 1. The fourth-order valence-corrected chi connectivity index (χ4v) is 3.28. The maximum Gasteiger partial charge on any atom is 0.313 e. The smallest absolute Gasteiger partial charge is 0.313 e. The fraction of sp³-hybridized carbons (Fsp3) is 0.636. The second-order valence-electron chi connectivity index (χ2n) is 4.30. The second-order valence-corrected chi connectivity index (χ2v) is 6.50. The van der Waals surface area contributed by atoms with E-state index < -0.39 is 5.97 Å². The number of thioether (sulfide) groups is 1. The minimum absolute atomic E-state index is 0.0162. The van der Waals surface area contributed by atoms with Gasteiger partial charge in [-0.1, -0.05) is 23.1 Å². The molecule has 1 aromatic heterocycles. The molecule has 7 nitrogen and oxygen atoms in total. The van der Waals surface area contributed by atoms with Crippen molar-refractivity contribution in [2.45, 2.75) is 36.1 Å². The molecule has 1 aromatic rings. The van der Waals surface area contributed by atoms with E-state index in [4.69, 9.17) is 9.84 Å². The van der Waals surface area contributed by atoms with Crippen molar-refractivity contribution in [1.82, 2.24) is 10.2 Å². The lowest BCUT2D eigenvalue weighted by molar-refractivity contribution is -0.134. The van der Waals surface area contributed by atoms with Gasteiger partial charge in [0.2, 0.25) is 11.0 Å². The molecule has 1 fully saturated rings. The van der Waals surface area contributed by atoms with Crippen LogP contribution in [0.5, 0.6) is 0 Å². The van der Waals surface area contributed by atoms with E-state index in [2.05, 4.69) is 15.5 Å². The zero-order chi connectivity index (χ0) is 14.4. The van der Waals surface area contributed by atoms with Gasteiger partial charge in [-0.05, 0) is 19.3 Å². The Morgan fingerprint density at radius 2 is 2.30 bits per heavy atom. The van der Waals surface area contributed by atoms with E-state index in [1.165, 1.54) is 11.3 Å². The van der Waals surface area contributed by atoms with Crippen molar-refractivity contribution in [2.75, 3.05) is 17.7 Å². The zero-order valence-electron chi connectivity index (χ0n) is 10.7. The molecular formula is C11H15N3O4S2. The van der Waals surface area contributed by atoms with Gasteiger partial charge in [0, 0.05) is 6.61 Å². The van der Waals surface area contributed by atoms with Gasteiger partial charge in [0.15, 0.2) is 4.34 Å². The van der Waals surface area contributed by atoms with E-state index in [9.17, 15) is 9.59 Å². The Kier molecular flexibility index (Phi) is 5.74. The number of nitrogens with one attached hydrogen (secondary N) is 1. The van der Waals surface area contributed by atoms with Gasteiger partial charge in [-0.2, -0.15) is 0 Å². The maximum atomic E-state index is 11.8. The third-order valence-electron chi connectivity index (χ3n) is 2.66. The van der Waals surface area contributed by atoms with Gasteiger partial charge in [-0.3, -0.25) is 9.59 Å². The van der Waals surface area contributed by atoms with Crippen molar-refractivity contribution in [2.24, 2.45) is 0 Å². The molecule has 0 aromatic carbocycles. The summed E-state index contributed by atoms with van der Waals surface area (Å²) >= 11 is 2.25. The van der Waals surface area contributed by atoms with Crippen LogP contribution < -0.4 is 5.32 Å². The van der Waals surface area contributed by atoms with Crippen molar-refractivity contribution >= 4 is 40.1 Å². The van der Waals surface area contributed by atoms with Crippen molar-refractivity contribution in [3.8, 4) is 0 Å². The lowest BCUT2D eigenvalue weighted by Gasteiger charge is -2.21. The summed E-state index contributed by atoms with van der Waals surface area (Å²) in [7, 11) is 0. The molecule has 9 heteroatoms. The Balaban J connectivity index is 1.77. The highest BCUT2D eigenvalue weighted by molar-refractivity contribution is 8.01. The van der Waals surface area contributed by atoms with E-state index >= 15 is 0 Å². The lowest BCUT2D eigenvalue weighted by Crippen LogP contribution is -2.25. The first-order valence-corrected chi connectivity index (χ1v) is 8.03. The van der Waals surface area contributed by atoms with Crippen LogP contribution in [0.3, 0.4) is 0 Å². The highest BCUT2D eigenvalue weighted by atomic mass is 32.2. The van der Waals surface area contributed by atoms with Crippen molar-refractivity contribution < 1.29 is 19.4 Å². The van der Waals surface area contributed by atoms with Crippen molar-refractivity contribution in [3.63, 3.8) is 0 Å². The van der Waals surface area contributed by atoms with Crippen LogP contribution >= 0.6 is 23.1 Å². The molecule has 1 amide bonds. The summed E-state index contributed by atoms with van der Waals surface area (Å²) in [6, 6.07) is 0. The van der Waals surface area contributed by atoms with Crippen LogP contribution in [-0.4, -0.2) is 45.6 Å². The van der Waals surface area contributed by atoms with Gasteiger partial charge in [0.1, 0.15) is 0 Å². The molecule has 1 atom stereocenters.